The Bertz CT molecular complexity index is 589. The Kier molecular flexibility index (Phi) is 3.39. The van der Waals surface area contributed by atoms with Gasteiger partial charge < -0.3 is 14.7 Å². The van der Waals surface area contributed by atoms with Crippen LogP contribution in [0.1, 0.15) is 60.7 Å². The van der Waals surface area contributed by atoms with Gasteiger partial charge in [0.2, 0.25) is 5.91 Å². The molecule has 118 valence electrons. The normalized spacial score (nSPS) is 25.1. The van der Waals surface area contributed by atoms with Gasteiger partial charge in [-0.05, 0) is 32.1 Å². The summed E-state index contributed by atoms with van der Waals surface area (Å²) in [5.74, 6) is 1.56. The molecule has 6 heteroatoms. The maximum absolute atomic E-state index is 12.4. The summed E-state index contributed by atoms with van der Waals surface area (Å²) in [6.07, 6.45) is 6.23. The van der Waals surface area contributed by atoms with Gasteiger partial charge in [0.1, 0.15) is 5.76 Å². The van der Waals surface area contributed by atoms with Crippen LogP contribution >= 0.6 is 0 Å². The molecule has 1 unspecified atom stereocenters. The molecule has 0 aromatic carbocycles. The number of carbonyl (C=O) groups excluding carboxylic acids is 2. The summed E-state index contributed by atoms with van der Waals surface area (Å²) in [6.45, 7) is 1.24. The minimum absolute atomic E-state index is 0.0758. The van der Waals surface area contributed by atoms with Crippen LogP contribution in [-0.4, -0.2) is 41.0 Å². The molecule has 1 atom stereocenters. The number of hydrogen-bond donors (Lipinski definition) is 1. The summed E-state index contributed by atoms with van der Waals surface area (Å²) < 4.78 is 5.25. The summed E-state index contributed by atoms with van der Waals surface area (Å²) in [5.41, 5.74) is 0.396. The molecule has 2 heterocycles. The highest BCUT2D eigenvalue weighted by molar-refractivity contribution is 5.92. The first-order valence-electron chi connectivity index (χ1n) is 8.27. The molecule has 1 aromatic heterocycles. The van der Waals surface area contributed by atoms with Gasteiger partial charge in [-0.3, -0.25) is 9.59 Å². The van der Waals surface area contributed by atoms with Gasteiger partial charge in [0, 0.05) is 37.0 Å². The SMILES string of the molecule is O=C(NC1CCN(C(=O)c2cc(C3CC3)on2)C1)C1CCC1. The van der Waals surface area contributed by atoms with Crippen LogP contribution in [0.4, 0.5) is 0 Å². The minimum Gasteiger partial charge on any atom is -0.360 e. The molecular formula is C16H21N3O3. The van der Waals surface area contributed by atoms with Crippen molar-refractivity contribution < 1.29 is 14.1 Å². The highest BCUT2D eigenvalue weighted by Gasteiger charge is 2.34. The highest BCUT2D eigenvalue weighted by Crippen LogP contribution is 2.40. The zero-order chi connectivity index (χ0) is 15.1. The van der Waals surface area contributed by atoms with Gasteiger partial charge >= 0.3 is 0 Å². The van der Waals surface area contributed by atoms with E-state index in [1.165, 1.54) is 0 Å². The van der Waals surface area contributed by atoms with Crippen LogP contribution in [-0.2, 0) is 4.79 Å². The molecule has 2 saturated carbocycles. The van der Waals surface area contributed by atoms with Crippen LogP contribution in [0.2, 0.25) is 0 Å². The Hall–Kier alpha value is -1.85. The Morgan fingerprint density at radius 1 is 1.23 bits per heavy atom. The molecule has 2 amide bonds. The van der Waals surface area contributed by atoms with Crippen molar-refractivity contribution >= 4 is 11.8 Å². The van der Waals surface area contributed by atoms with E-state index < -0.39 is 0 Å². The van der Waals surface area contributed by atoms with E-state index in [1.54, 1.807) is 11.0 Å². The summed E-state index contributed by atoms with van der Waals surface area (Å²) in [6, 6.07) is 1.85. The molecule has 3 fully saturated rings. The number of hydrogen-bond acceptors (Lipinski definition) is 4. The molecule has 0 radical (unpaired) electrons. The lowest BCUT2D eigenvalue weighted by atomic mass is 9.84. The van der Waals surface area contributed by atoms with Crippen molar-refractivity contribution in [3.05, 3.63) is 17.5 Å². The van der Waals surface area contributed by atoms with Gasteiger partial charge in [-0.1, -0.05) is 11.6 Å². The third-order valence-electron chi connectivity index (χ3n) is 5.03. The second-order valence-corrected chi connectivity index (χ2v) is 6.76. The lowest BCUT2D eigenvalue weighted by molar-refractivity contribution is -0.128. The van der Waals surface area contributed by atoms with Gasteiger partial charge in [-0.15, -0.1) is 0 Å². The van der Waals surface area contributed by atoms with Crippen molar-refractivity contribution in [3.8, 4) is 0 Å². The summed E-state index contributed by atoms with van der Waals surface area (Å²) in [4.78, 5) is 26.2. The first kappa shape index (κ1) is 13.8. The molecule has 1 N–H and O–H groups in total. The fourth-order valence-electron chi connectivity index (χ4n) is 3.16. The molecule has 0 bridgehead atoms. The van der Waals surface area contributed by atoms with Gasteiger partial charge in [0.15, 0.2) is 5.69 Å². The van der Waals surface area contributed by atoms with E-state index in [-0.39, 0.29) is 23.8 Å². The first-order valence-corrected chi connectivity index (χ1v) is 8.27. The van der Waals surface area contributed by atoms with E-state index in [0.717, 1.165) is 44.3 Å². The molecule has 0 spiro atoms. The van der Waals surface area contributed by atoms with E-state index >= 15 is 0 Å². The number of amides is 2. The van der Waals surface area contributed by atoms with Crippen LogP contribution in [0.3, 0.4) is 0 Å². The summed E-state index contributed by atoms with van der Waals surface area (Å²) >= 11 is 0. The summed E-state index contributed by atoms with van der Waals surface area (Å²) in [7, 11) is 0. The fraction of sp³-hybridized carbons (Fsp3) is 0.688. The second kappa shape index (κ2) is 5.41. The van der Waals surface area contributed by atoms with Gasteiger partial charge in [0.25, 0.3) is 5.91 Å². The molecule has 22 heavy (non-hydrogen) atoms. The van der Waals surface area contributed by atoms with Crippen molar-refractivity contribution in [1.29, 1.82) is 0 Å². The molecule has 3 aliphatic rings. The largest absolute Gasteiger partial charge is 0.360 e. The van der Waals surface area contributed by atoms with Crippen molar-refractivity contribution in [2.75, 3.05) is 13.1 Å². The number of rotatable bonds is 4. The quantitative estimate of drug-likeness (QED) is 0.918. The van der Waals surface area contributed by atoms with E-state index in [2.05, 4.69) is 10.5 Å². The van der Waals surface area contributed by atoms with Crippen LogP contribution in [0.25, 0.3) is 0 Å². The second-order valence-electron chi connectivity index (χ2n) is 6.76. The van der Waals surface area contributed by atoms with Crippen molar-refractivity contribution in [1.82, 2.24) is 15.4 Å². The Morgan fingerprint density at radius 3 is 2.73 bits per heavy atom. The number of carbonyl (C=O) groups is 2. The first-order chi connectivity index (χ1) is 10.7. The smallest absolute Gasteiger partial charge is 0.276 e. The molecule has 1 aromatic rings. The van der Waals surface area contributed by atoms with E-state index in [1.807, 2.05) is 0 Å². The number of nitrogens with one attached hydrogen (secondary N) is 1. The Labute approximate surface area is 129 Å². The fourth-order valence-corrected chi connectivity index (χ4v) is 3.16. The maximum atomic E-state index is 12.4. The van der Waals surface area contributed by atoms with Gasteiger partial charge in [0.05, 0.1) is 0 Å². The topological polar surface area (TPSA) is 75.4 Å². The van der Waals surface area contributed by atoms with Gasteiger partial charge in [-0.2, -0.15) is 0 Å². The highest BCUT2D eigenvalue weighted by atomic mass is 16.5. The average molecular weight is 303 g/mol. The Balaban J connectivity index is 1.32. The van der Waals surface area contributed by atoms with Crippen molar-refractivity contribution in [2.24, 2.45) is 5.92 Å². The van der Waals surface area contributed by atoms with Crippen molar-refractivity contribution in [2.45, 2.75) is 50.5 Å². The lowest BCUT2D eigenvalue weighted by Gasteiger charge is -2.26. The molecule has 2 aliphatic carbocycles. The predicted octanol–water partition coefficient (Wildman–Crippen LogP) is 1.68. The number of likely N-dealkylation sites (tertiary alicyclic amines) is 1. The zero-order valence-electron chi connectivity index (χ0n) is 12.6. The zero-order valence-corrected chi connectivity index (χ0v) is 12.6. The molecule has 1 saturated heterocycles. The number of aromatic nitrogens is 1. The van der Waals surface area contributed by atoms with Crippen LogP contribution < -0.4 is 5.32 Å². The van der Waals surface area contributed by atoms with Crippen LogP contribution in [0, 0.1) is 5.92 Å². The molecule has 1 aliphatic heterocycles. The predicted molar refractivity (Wildman–Crippen MR) is 78.3 cm³/mol. The maximum Gasteiger partial charge on any atom is 0.276 e. The third kappa shape index (κ3) is 2.62. The monoisotopic (exact) mass is 303 g/mol. The van der Waals surface area contributed by atoms with Crippen LogP contribution in [0.5, 0.6) is 0 Å². The summed E-state index contributed by atoms with van der Waals surface area (Å²) in [5, 5.41) is 6.98. The van der Waals surface area contributed by atoms with E-state index in [4.69, 9.17) is 4.52 Å². The number of nitrogens with zero attached hydrogens (tertiary/aromatic N) is 2. The van der Waals surface area contributed by atoms with Gasteiger partial charge in [-0.25, -0.2) is 0 Å². The molecular weight excluding hydrogens is 282 g/mol. The van der Waals surface area contributed by atoms with Crippen LogP contribution in [0.15, 0.2) is 10.6 Å². The van der Waals surface area contributed by atoms with E-state index in [9.17, 15) is 9.59 Å². The third-order valence-corrected chi connectivity index (χ3v) is 5.03. The van der Waals surface area contributed by atoms with E-state index in [0.29, 0.717) is 24.7 Å². The Morgan fingerprint density at radius 2 is 2.05 bits per heavy atom. The minimum atomic E-state index is -0.0870. The van der Waals surface area contributed by atoms with Crippen molar-refractivity contribution in [3.63, 3.8) is 0 Å². The standard InChI is InChI=1S/C16H21N3O3/c20-15(11-2-1-3-11)17-12-6-7-19(9-12)16(21)13-8-14(22-18-13)10-4-5-10/h8,10-12H,1-7,9H2,(H,17,20). The molecule has 4 rings (SSSR count). The molecule has 6 nitrogen and oxygen atoms in total. The average Bonchev–Trinajstić information content (AvgIpc) is 2.99. The lowest BCUT2D eigenvalue weighted by Crippen LogP contribution is -2.43.